The number of amides is 2. The molecule has 7 nitrogen and oxygen atoms in total. The molecular weight excluding hydrogens is 246 g/mol. The minimum Gasteiger partial charge on any atom is -0.350 e. The Morgan fingerprint density at radius 1 is 1.37 bits per heavy atom. The SMILES string of the molecule is CCc1nc(C(=O)NC(C)C(=O)NC(C)(C)C)n[nH]1. The van der Waals surface area contributed by atoms with Crippen molar-refractivity contribution in [3.05, 3.63) is 11.6 Å². The van der Waals surface area contributed by atoms with Crippen LogP contribution in [0.25, 0.3) is 0 Å². The van der Waals surface area contributed by atoms with Crippen LogP contribution in [0.5, 0.6) is 0 Å². The van der Waals surface area contributed by atoms with Crippen LogP contribution in [-0.2, 0) is 11.2 Å². The van der Waals surface area contributed by atoms with Gasteiger partial charge in [0.1, 0.15) is 11.9 Å². The van der Waals surface area contributed by atoms with Gasteiger partial charge in [-0.15, -0.1) is 5.10 Å². The zero-order valence-electron chi connectivity index (χ0n) is 12.0. The highest BCUT2D eigenvalue weighted by Gasteiger charge is 2.22. The Balaban J connectivity index is 2.59. The van der Waals surface area contributed by atoms with E-state index in [9.17, 15) is 9.59 Å². The highest BCUT2D eigenvalue weighted by molar-refractivity contribution is 5.94. The summed E-state index contributed by atoms with van der Waals surface area (Å²) in [7, 11) is 0. The average Bonchev–Trinajstić information content (AvgIpc) is 2.75. The third-order valence-electron chi connectivity index (χ3n) is 2.31. The standard InChI is InChI=1S/C12H21N5O2/c1-6-8-14-9(17-16-8)11(19)13-7(2)10(18)15-12(3,4)5/h7H,6H2,1-5H3,(H,13,19)(H,15,18)(H,14,16,17). The lowest BCUT2D eigenvalue weighted by atomic mass is 10.1. The van der Waals surface area contributed by atoms with Gasteiger partial charge in [0.2, 0.25) is 11.7 Å². The van der Waals surface area contributed by atoms with Crippen LogP contribution in [0.2, 0.25) is 0 Å². The van der Waals surface area contributed by atoms with Gasteiger partial charge in [0.25, 0.3) is 5.91 Å². The molecule has 1 heterocycles. The lowest BCUT2D eigenvalue weighted by molar-refractivity contribution is -0.124. The molecule has 19 heavy (non-hydrogen) atoms. The zero-order chi connectivity index (χ0) is 14.6. The van der Waals surface area contributed by atoms with Gasteiger partial charge in [-0.05, 0) is 27.7 Å². The maximum Gasteiger partial charge on any atom is 0.291 e. The largest absolute Gasteiger partial charge is 0.350 e. The minimum atomic E-state index is -0.643. The van der Waals surface area contributed by atoms with Gasteiger partial charge in [0.05, 0.1) is 0 Å². The first-order valence-corrected chi connectivity index (χ1v) is 6.27. The van der Waals surface area contributed by atoms with E-state index in [4.69, 9.17) is 0 Å². The highest BCUT2D eigenvalue weighted by Crippen LogP contribution is 2.00. The van der Waals surface area contributed by atoms with Gasteiger partial charge in [-0.1, -0.05) is 6.92 Å². The third kappa shape index (κ3) is 4.69. The molecule has 0 aliphatic heterocycles. The van der Waals surface area contributed by atoms with Crippen molar-refractivity contribution in [2.24, 2.45) is 0 Å². The van der Waals surface area contributed by atoms with E-state index in [0.29, 0.717) is 12.2 Å². The summed E-state index contributed by atoms with van der Waals surface area (Å²) < 4.78 is 0. The second-order valence-electron chi connectivity index (χ2n) is 5.39. The van der Waals surface area contributed by atoms with E-state index in [-0.39, 0.29) is 17.3 Å². The zero-order valence-corrected chi connectivity index (χ0v) is 12.0. The molecule has 1 aromatic heterocycles. The molecular formula is C12H21N5O2. The molecule has 0 aliphatic rings. The molecule has 7 heteroatoms. The summed E-state index contributed by atoms with van der Waals surface area (Å²) >= 11 is 0. The molecule has 0 spiro atoms. The predicted molar refractivity (Wildman–Crippen MR) is 70.6 cm³/mol. The first-order valence-electron chi connectivity index (χ1n) is 6.27. The van der Waals surface area contributed by atoms with Crippen LogP contribution in [0.1, 0.15) is 51.1 Å². The van der Waals surface area contributed by atoms with Crippen LogP contribution in [-0.4, -0.2) is 38.6 Å². The number of hydrogen-bond acceptors (Lipinski definition) is 4. The fourth-order valence-electron chi connectivity index (χ4n) is 1.36. The molecule has 0 radical (unpaired) electrons. The van der Waals surface area contributed by atoms with Crippen molar-refractivity contribution in [1.29, 1.82) is 0 Å². The molecule has 0 bridgehead atoms. The van der Waals surface area contributed by atoms with Gasteiger partial charge in [-0.25, -0.2) is 4.98 Å². The molecule has 3 N–H and O–H groups in total. The maximum atomic E-state index is 11.8. The summed E-state index contributed by atoms with van der Waals surface area (Å²) in [5.41, 5.74) is -0.337. The fraction of sp³-hybridized carbons (Fsp3) is 0.667. The number of aromatic amines is 1. The maximum absolute atomic E-state index is 11.8. The molecule has 0 saturated heterocycles. The number of carbonyl (C=O) groups is 2. The van der Waals surface area contributed by atoms with Crippen LogP contribution in [0.15, 0.2) is 0 Å². The normalized spacial score (nSPS) is 12.9. The number of nitrogens with zero attached hydrogens (tertiary/aromatic N) is 2. The summed E-state index contributed by atoms with van der Waals surface area (Å²) in [6.45, 7) is 9.15. The summed E-state index contributed by atoms with van der Waals surface area (Å²) in [5.74, 6) is -0.0242. The van der Waals surface area contributed by atoms with Crippen molar-refractivity contribution in [2.45, 2.75) is 52.6 Å². The third-order valence-corrected chi connectivity index (χ3v) is 2.31. The van der Waals surface area contributed by atoms with Gasteiger partial charge in [0, 0.05) is 12.0 Å². The van der Waals surface area contributed by atoms with Crippen molar-refractivity contribution in [1.82, 2.24) is 25.8 Å². The van der Waals surface area contributed by atoms with Gasteiger partial charge in [0.15, 0.2) is 0 Å². The topological polar surface area (TPSA) is 99.8 Å². The van der Waals surface area contributed by atoms with Crippen LogP contribution in [0.4, 0.5) is 0 Å². The predicted octanol–water partition coefficient (Wildman–Crippen LogP) is 0.400. The summed E-state index contributed by atoms with van der Waals surface area (Å²) in [5, 5.41) is 11.8. The van der Waals surface area contributed by atoms with Gasteiger partial charge in [-0.3, -0.25) is 14.7 Å². The van der Waals surface area contributed by atoms with E-state index in [1.54, 1.807) is 6.92 Å². The Morgan fingerprint density at radius 2 is 2.00 bits per heavy atom. The minimum absolute atomic E-state index is 0.0484. The van der Waals surface area contributed by atoms with Crippen LogP contribution < -0.4 is 10.6 Å². The van der Waals surface area contributed by atoms with E-state index < -0.39 is 11.9 Å². The Bertz CT molecular complexity index is 461. The van der Waals surface area contributed by atoms with Gasteiger partial charge < -0.3 is 10.6 Å². The molecule has 1 aromatic rings. The smallest absolute Gasteiger partial charge is 0.291 e. The first kappa shape index (κ1) is 15.1. The second-order valence-corrected chi connectivity index (χ2v) is 5.39. The fourth-order valence-corrected chi connectivity index (χ4v) is 1.36. The average molecular weight is 267 g/mol. The molecule has 2 amide bonds. The van der Waals surface area contributed by atoms with E-state index in [0.717, 1.165) is 0 Å². The molecule has 0 saturated carbocycles. The molecule has 1 atom stereocenters. The Morgan fingerprint density at radius 3 is 2.47 bits per heavy atom. The number of hydrogen-bond donors (Lipinski definition) is 3. The van der Waals surface area contributed by atoms with Crippen LogP contribution >= 0.6 is 0 Å². The number of nitrogens with one attached hydrogen (secondary N) is 3. The van der Waals surface area contributed by atoms with E-state index in [1.165, 1.54) is 0 Å². The lowest BCUT2D eigenvalue weighted by Crippen LogP contribution is -2.51. The van der Waals surface area contributed by atoms with Gasteiger partial charge >= 0.3 is 0 Å². The number of aromatic nitrogens is 3. The van der Waals surface area contributed by atoms with Crippen molar-refractivity contribution < 1.29 is 9.59 Å². The number of carbonyl (C=O) groups excluding carboxylic acids is 2. The lowest BCUT2D eigenvalue weighted by Gasteiger charge is -2.23. The van der Waals surface area contributed by atoms with Gasteiger partial charge in [-0.2, -0.15) is 0 Å². The number of rotatable bonds is 4. The quantitative estimate of drug-likeness (QED) is 0.735. The van der Waals surface area contributed by atoms with Crippen molar-refractivity contribution in [2.75, 3.05) is 0 Å². The molecule has 1 rings (SSSR count). The Hall–Kier alpha value is -1.92. The first-order chi connectivity index (χ1) is 8.73. The Labute approximate surface area is 112 Å². The van der Waals surface area contributed by atoms with E-state index in [2.05, 4.69) is 25.8 Å². The molecule has 1 unspecified atom stereocenters. The monoisotopic (exact) mass is 267 g/mol. The summed E-state index contributed by atoms with van der Waals surface area (Å²) in [6, 6.07) is -0.643. The van der Waals surface area contributed by atoms with Crippen molar-refractivity contribution >= 4 is 11.8 Å². The van der Waals surface area contributed by atoms with E-state index in [1.807, 2.05) is 27.7 Å². The highest BCUT2D eigenvalue weighted by atomic mass is 16.2. The van der Waals surface area contributed by atoms with E-state index >= 15 is 0 Å². The Kier molecular flexibility index (Phi) is 4.63. The van der Waals surface area contributed by atoms with Crippen molar-refractivity contribution in [3.63, 3.8) is 0 Å². The van der Waals surface area contributed by atoms with Crippen LogP contribution in [0.3, 0.4) is 0 Å². The summed E-state index contributed by atoms with van der Waals surface area (Å²) in [6.07, 6.45) is 0.667. The van der Waals surface area contributed by atoms with Crippen molar-refractivity contribution in [3.8, 4) is 0 Å². The number of aryl methyl sites for hydroxylation is 1. The van der Waals surface area contributed by atoms with Crippen LogP contribution in [0, 0.1) is 0 Å². The second kappa shape index (κ2) is 5.81. The molecule has 0 aliphatic carbocycles. The summed E-state index contributed by atoms with van der Waals surface area (Å²) in [4.78, 5) is 27.6. The molecule has 0 aromatic carbocycles. The molecule has 106 valence electrons. The molecule has 0 fully saturated rings. The number of H-pyrrole nitrogens is 1.